The quantitative estimate of drug-likeness (QED) is 0.350. The Kier molecular flexibility index (Phi) is 6.00. The highest BCUT2D eigenvalue weighted by Gasteiger charge is 2.35. The molecule has 1 N–H and O–H groups in total. The van der Waals surface area contributed by atoms with Gasteiger partial charge in [-0.2, -0.15) is 4.98 Å². The van der Waals surface area contributed by atoms with Crippen LogP contribution in [0.3, 0.4) is 0 Å². The van der Waals surface area contributed by atoms with Crippen molar-refractivity contribution in [2.45, 2.75) is 13.0 Å². The molecule has 5 rings (SSSR count). The molecule has 1 aliphatic heterocycles. The number of ether oxygens (including phenoxy) is 1. The van der Waals surface area contributed by atoms with E-state index in [1.165, 1.54) is 24.3 Å². The van der Waals surface area contributed by atoms with Crippen LogP contribution in [0.4, 0.5) is 14.5 Å². The van der Waals surface area contributed by atoms with Gasteiger partial charge in [-0.25, -0.2) is 8.78 Å². The molecule has 3 aromatic carbocycles. The van der Waals surface area contributed by atoms with Crippen LogP contribution in [0.5, 0.6) is 5.75 Å². The lowest BCUT2D eigenvalue weighted by Crippen LogP contribution is -2.46. The van der Waals surface area contributed by atoms with Crippen molar-refractivity contribution in [1.82, 2.24) is 15.5 Å². The second kappa shape index (κ2) is 9.27. The van der Waals surface area contributed by atoms with Crippen LogP contribution in [-0.4, -0.2) is 22.4 Å². The number of halogens is 2. The highest BCUT2D eigenvalue weighted by atomic mass is 32.1. The van der Waals surface area contributed by atoms with Crippen LogP contribution in [0.2, 0.25) is 0 Å². The van der Waals surface area contributed by atoms with Crippen molar-refractivity contribution in [2.24, 2.45) is 0 Å². The van der Waals surface area contributed by atoms with Gasteiger partial charge < -0.3 is 14.6 Å². The number of hydrogen-bond donors (Lipinski definition) is 1. The summed E-state index contributed by atoms with van der Waals surface area (Å²) in [5, 5.41) is 7.84. The fourth-order valence-corrected chi connectivity index (χ4v) is 4.40. The lowest BCUT2D eigenvalue weighted by molar-refractivity contribution is 0.404. The minimum Gasteiger partial charge on any atom is -0.497 e. The first-order valence-corrected chi connectivity index (χ1v) is 11.2. The highest BCUT2D eigenvalue weighted by Crippen LogP contribution is 2.39. The molecule has 35 heavy (non-hydrogen) atoms. The molecular formula is C26H20F2N4O2S. The Labute approximate surface area is 205 Å². The summed E-state index contributed by atoms with van der Waals surface area (Å²) >= 11 is 5.68. The topological polar surface area (TPSA) is 63.4 Å². The maximum absolute atomic E-state index is 14.0. The lowest BCUT2D eigenvalue weighted by Gasteiger charge is -2.37. The number of nitrogens with zero attached hydrogens (tertiary/aromatic N) is 3. The van der Waals surface area contributed by atoms with Crippen LogP contribution in [0, 0.1) is 11.6 Å². The van der Waals surface area contributed by atoms with Gasteiger partial charge in [-0.15, -0.1) is 0 Å². The Morgan fingerprint density at radius 3 is 2.43 bits per heavy atom. The highest BCUT2D eigenvalue weighted by molar-refractivity contribution is 7.80. The zero-order valence-electron chi connectivity index (χ0n) is 18.8. The van der Waals surface area contributed by atoms with E-state index in [1.54, 1.807) is 36.3 Å². The Hall–Kier alpha value is -4.11. The molecule has 0 aliphatic carbocycles. The molecule has 0 radical (unpaired) electrons. The number of thiocarbonyl (C=S) groups is 1. The van der Waals surface area contributed by atoms with Crippen molar-refractivity contribution < 1.29 is 18.0 Å². The van der Waals surface area contributed by atoms with Gasteiger partial charge in [-0.1, -0.05) is 23.4 Å². The van der Waals surface area contributed by atoms with E-state index in [-0.39, 0.29) is 17.5 Å². The van der Waals surface area contributed by atoms with Gasteiger partial charge in [0.1, 0.15) is 17.4 Å². The van der Waals surface area contributed by atoms with E-state index in [0.29, 0.717) is 39.2 Å². The normalized spacial score (nSPS) is 15.8. The van der Waals surface area contributed by atoms with Crippen molar-refractivity contribution in [3.05, 3.63) is 102 Å². The van der Waals surface area contributed by atoms with Gasteiger partial charge in [0.15, 0.2) is 5.11 Å². The molecule has 1 unspecified atom stereocenters. The van der Waals surface area contributed by atoms with Crippen LogP contribution in [-0.2, 0) is 0 Å². The third kappa shape index (κ3) is 4.38. The summed E-state index contributed by atoms with van der Waals surface area (Å²) in [7, 11) is 1.60. The van der Waals surface area contributed by atoms with Gasteiger partial charge in [0.25, 0.3) is 5.89 Å². The number of allylic oxidation sites excluding steroid dienone is 1. The molecule has 1 atom stereocenters. The van der Waals surface area contributed by atoms with E-state index in [2.05, 4.69) is 15.5 Å². The van der Waals surface area contributed by atoms with E-state index in [1.807, 2.05) is 31.2 Å². The van der Waals surface area contributed by atoms with Gasteiger partial charge in [0, 0.05) is 11.3 Å². The molecule has 0 saturated heterocycles. The number of hydrogen-bond acceptors (Lipinski definition) is 5. The Bertz CT molecular complexity index is 1420. The fourth-order valence-electron chi connectivity index (χ4n) is 4.04. The van der Waals surface area contributed by atoms with E-state index >= 15 is 0 Å². The molecule has 176 valence electrons. The first kappa shape index (κ1) is 22.7. The van der Waals surface area contributed by atoms with E-state index in [4.69, 9.17) is 21.5 Å². The maximum Gasteiger partial charge on any atom is 0.258 e. The van der Waals surface area contributed by atoms with E-state index in [9.17, 15) is 8.78 Å². The average molecular weight is 491 g/mol. The van der Waals surface area contributed by atoms with Crippen LogP contribution >= 0.6 is 12.2 Å². The van der Waals surface area contributed by atoms with E-state index < -0.39 is 6.04 Å². The zero-order valence-corrected chi connectivity index (χ0v) is 19.6. The van der Waals surface area contributed by atoms with Crippen LogP contribution in [0.1, 0.15) is 24.4 Å². The minimum atomic E-state index is -0.417. The number of benzene rings is 3. The van der Waals surface area contributed by atoms with Gasteiger partial charge >= 0.3 is 0 Å². The predicted molar refractivity (Wildman–Crippen MR) is 133 cm³/mol. The molecule has 0 bridgehead atoms. The summed E-state index contributed by atoms with van der Waals surface area (Å²) in [6.07, 6.45) is 0. The second-order valence-electron chi connectivity index (χ2n) is 7.90. The number of rotatable bonds is 5. The van der Waals surface area contributed by atoms with Crippen molar-refractivity contribution in [3.63, 3.8) is 0 Å². The SMILES string of the molecule is COc1ccc(C2NC(=S)N(c3cccc(F)c3)C(C)=C2c2nc(-c3ccc(F)cc3)no2)cc1. The molecule has 2 heterocycles. The largest absolute Gasteiger partial charge is 0.497 e. The number of nitrogens with one attached hydrogen (secondary N) is 1. The molecule has 1 aliphatic rings. The van der Waals surface area contributed by atoms with Crippen molar-refractivity contribution in [1.29, 1.82) is 0 Å². The van der Waals surface area contributed by atoms with Gasteiger partial charge in [0.2, 0.25) is 5.82 Å². The second-order valence-corrected chi connectivity index (χ2v) is 8.29. The fraction of sp³-hybridized carbons (Fsp3) is 0.115. The Balaban J connectivity index is 1.64. The van der Waals surface area contributed by atoms with Crippen LogP contribution in [0.15, 0.2) is 83.0 Å². The third-order valence-corrected chi connectivity index (χ3v) is 6.06. The molecule has 0 amide bonds. The molecule has 0 fully saturated rings. The Morgan fingerprint density at radius 1 is 1.00 bits per heavy atom. The summed E-state index contributed by atoms with van der Waals surface area (Å²) in [4.78, 5) is 6.33. The molecule has 6 nitrogen and oxygen atoms in total. The average Bonchev–Trinajstić information content (AvgIpc) is 3.34. The van der Waals surface area contributed by atoms with Gasteiger partial charge in [0.05, 0.1) is 24.4 Å². The van der Waals surface area contributed by atoms with Crippen molar-refractivity contribution in [2.75, 3.05) is 12.0 Å². The predicted octanol–water partition coefficient (Wildman–Crippen LogP) is 5.89. The van der Waals surface area contributed by atoms with Crippen LogP contribution < -0.4 is 15.0 Å². The third-order valence-electron chi connectivity index (χ3n) is 5.76. The summed E-state index contributed by atoms with van der Waals surface area (Å²) in [6.45, 7) is 1.87. The summed E-state index contributed by atoms with van der Waals surface area (Å²) in [6, 6.07) is 19.1. The van der Waals surface area contributed by atoms with E-state index in [0.717, 1.165) is 5.56 Å². The summed E-state index contributed by atoms with van der Waals surface area (Å²) in [5.74, 6) is 0.560. The smallest absolute Gasteiger partial charge is 0.258 e. The molecule has 1 aromatic heterocycles. The van der Waals surface area contributed by atoms with Crippen molar-refractivity contribution >= 4 is 28.6 Å². The maximum atomic E-state index is 14.0. The number of methoxy groups -OCH3 is 1. The standard InChI is InChI=1S/C26H20F2N4O2S/c1-15-22(25-30-24(31-34-25)17-6-10-18(27)11-7-17)23(16-8-12-21(33-2)13-9-16)29-26(35)32(15)20-5-3-4-19(28)14-20/h3-14,23H,1-2H3,(H,29,35). The first-order valence-electron chi connectivity index (χ1n) is 10.8. The van der Waals surface area contributed by atoms with Gasteiger partial charge in [-0.05, 0) is 79.3 Å². The first-order chi connectivity index (χ1) is 16.9. The summed E-state index contributed by atoms with van der Waals surface area (Å²) < 4.78 is 38.4. The molecule has 0 spiro atoms. The zero-order chi connectivity index (χ0) is 24.5. The van der Waals surface area contributed by atoms with Crippen LogP contribution in [0.25, 0.3) is 17.0 Å². The van der Waals surface area contributed by atoms with Crippen molar-refractivity contribution in [3.8, 4) is 17.1 Å². The number of anilines is 1. The lowest BCUT2D eigenvalue weighted by atomic mass is 9.94. The van der Waals surface area contributed by atoms with Gasteiger partial charge in [-0.3, -0.25) is 4.90 Å². The summed E-state index contributed by atoms with van der Waals surface area (Å²) in [5.41, 5.74) is 3.44. The molecule has 9 heteroatoms. The Morgan fingerprint density at radius 2 is 1.74 bits per heavy atom. The monoisotopic (exact) mass is 490 g/mol. The molecule has 4 aromatic rings. The minimum absolute atomic E-state index is 0.263. The molecule has 0 saturated carbocycles. The number of aromatic nitrogens is 2. The molecular weight excluding hydrogens is 470 g/mol.